The van der Waals surface area contributed by atoms with Gasteiger partial charge in [0.2, 0.25) is 0 Å². The lowest BCUT2D eigenvalue weighted by Gasteiger charge is -2.05. The summed E-state index contributed by atoms with van der Waals surface area (Å²) in [5.74, 6) is 0. The first-order valence-corrected chi connectivity index (χ1v) is 9.23. The van der Waals surface area contributed by atoms with Gasteiger partial charge in [0.05, 0.1) is 8.39 Å². The molecule has 0 saturated heterocycles. The van der Waals surface area contributed by atoms with Crippen molar-refractivity contribution >= 4 is 77.6 Å². The lowest BCUT2D eigenvalue weighted by atomic mass is 10.2. The Morgan fingerprint density at radius 1 is 0.650 bits per heavy atom. The summed E-state index contributed by atoms with van der Waals surface area (Å²) < 4.78 is 1.56. The zero-order valence-electron chi connectivity index (χ0n) is 10.0. The Hall–Kier alpha value is -0.100. The Bertz CT molecular complexity index is 563. The van der Waals surface area contributed by atoms with E-state index in [1.54, 1.807) is 0 Å². The van der Waals surface area contributed by atoms with Gasteiger partial charge in [-0.2, -0.15) is 0 Å². The molecular weight excluding hydrogens is 367 g/mol. The Balaban J connectivity index is 1.94. The van der Waals surface area contributed by atoms with Crippen molar-refractivity contribution in [3.8, 4) is 0 Å². The van der Waals surface area contributed by atoms with Crippen molar-refractivity contribution in [1.82, 2.24) is 0 Å². The summed E-state index contributed by atoms with van der Waals surface area (Å²) in [7, 11) is 2.95. The minimum absolute atomic E-state index is 0.700. The van der Waals surface area contributed by atoms with Crippen molar-refractivity contribution in [2.45, 2.75) is 0 Å². The molecule has 102 valence electrons. The first-order valence-electron chi connectivity index (χ1n) is 5.50. The second-order valence-corrected chi connectivity index (χ2v) is 8.11. The highest BCUT2D eigenvalue weighted by Gasteiger charge is 2.07. The van der Waals surface area contributed by atoms with Crippen LogP contribution in [-0.4, -0.2) is 8.39 Å². The van der Waals surface area contributed by atoms with Crippen LogP contribution in [0.4, 0.5) is 0 Å². The van der Waals surface area contributed by atoms with Crippen molar-refractivity contribution in [2.75, 3.05) is 0 Å². The molecule has 20 heavy (non-hydrogen) atoms. The lowest BCUT2D eigenvalue weighted by Crippen LogP contribution is -1.92. The minimum Gasteiger partial charge on any atom is -0.0843 e. The van der Waals surface area contributed by atoms with Gasteiger partial charge < -0.3 is 0 Å². The van der Waals surface area contributed by atoms with Gasteiger partial charge in [0, 0.05) is 10.0 Å². The summed E-state index contributed by atoms with van der Waals surface area (Å²) in [4.78, 5) is 0. The average molecular weight is 375 g/mol. The van der Waals surface area contributed by atoms with Crippen LogP contribution in [0.15, 0.2) is 48.5 Å². The van der Waals surface area contributed by atoms with E-state index < -0.39 is 0 Å². The summed E-state index contributed by atoms with van der Waals surface area (Å²) >= 11 is 22.4. The fourth-order valence-electron chi connectivity index (χ4n) is 1.34. The van der Waals surface area contributed by atoms with Crippen LogP contribution in [0.1, 0.15) is 11.1 Å². The molecule has 0 fully saturated rings. The van der Waals surface area contributed by atoms with Crippen LogP contribution >= 0.6 is 69.2 Å². The Labute approximate surface area is 146 Å². The number of hydrogen-bond donors (Lipinski definition) is 0. The highest BCUT2D eigenvalue weighted by atomic mass is 35.5. The van der Waals surface area contributed by atoms with Crippen LogP contribution in [-0.2, 0) is 0 Å². The van der Waals surface area contributed by atoms with Gasteiger partial charge in [-0.1, -0.05) is 71.9 Å². The van der Waals surface area contributed by atoms with Crippen LogP contribution in [0.5, 0.6) is 0 Å². The van der Waals surface area contributed by atoms with Gasteiger partial charge in [0.25, 0.3) is 0 Å². The van der Waals surface area contributed by atoms with Gasteiger partial charge in [0.1, 0.15) is 0 Å². The van der Waals surface area contributed by atoms with E-state index in [9.17, 15) is 0 Å². The molecule has 0 unspecified atom stereocenters. The number of benzene rings is 2. The SMILES string of the molecule is S=C(SSC(=S)c1ccc(Cl)cc1)c1ccc(Cl)cc1. The fraction of sp³-hybridized carbons (Fsp3) is 0. The molecule has 0 amide bonds. The van der Waals surface area contributed by atoms with E-state index in [-0.39, 0.29) is 0 Å². The topological polar surface area (TPSA) is 0 Å². The van der Waals surface area contributed by atoms with Crippen LogP contribution < -0.4 is 0 Å². The summed E-state index contributed by atoms with van der Waals surface area (Å²) in [5, 5.41) is 1.40. The summed E-state index contributed by atoms with van der Waals surface area (Å²) in [6, 6.07) is 14.9. The molecule has 0 heterocycles. The molecule has 2 aromatic carbocycles. The molecule has 2 rings (SSSR count). The predicted molar refractivity (Wildman–Crippen MR) is 101 cm³/mol. The maximum absolute atomic E-state index is 5.85. The van der Waals surface area contributed by atoms with E-state index in [1.807, 2.05) is 48.5 Å². The van der Waals surface area contributed by atoms with Crippen LogP contribution in [0.3, 0.4) is 0 Å². The smallest absolute Gasteiger partial charge is 0.0843 e. The van der Waals surface area contributed by atoms with Gasteiger partial charge in [-0.15, -0.1) is 0 Å². The maximum atomic E-state index is 5.85. The molecular formula is C14H8Cl2S4. The summed E-state index contributed by atoms with van der Waals surface area (Å²) in [6.07, 6.45) is 0. The molecule has 2 aromatic rings. The number of rotatable bonds is 2. The van der Waals surface area contributed by atoms with Gasteiger partial charge in [-0.3, -0.25) is 0 Å². The standard InChI is InChI=1S/C14H8Cl2S4/c15-11-5-1-9(2-6-11)13(17)19-20-14(18)10-3-7-12(16)8-4-10/h1-8H. The van der Waals surface area contributed by atoms with Crippen LogP contribution in [0.25, 0.3) is 0 Å². The van der Waals surface area contributed by atoms with Crippen molar-refractivity contribution in [1.29, 1.82) is 0 Å². The van der Waals surface area contributed by atoms with Gasteiger partial charge >= 0.3 is 0 Å². The van der Waals surface area contributed by atoms with E-state index in [0.717, 1.165) is 19.5 Å². The minimum atomic E-state index is 0.700. The molecule has 0 aliphatic rings. The van der Waals surface area contributed by atoms with E-state index in [2.05, 4.69) is 0 Å². The highest BCUT2D eigenvalue weighted by molar-refractivity contribution is 8.90. The third kappa shape index (κ3) is 4.72. The van der Waals surface area contributed by atoms with Gasteiger partial charge in [-0.05, 0) is 57.0 Å². The van der Waals surface area contributed by atoms with Gasteiger partial charge in [-0.25, -0.2) is 0 Å². The van der Waals surface area contributed by atoms with Crippen LogP contribution in [0.2, 0.25) is 10.0 Å². The zero-order chi connectivity index (χ0) is 14.5. The molecule has 0 aliphatic heterocycles. The molecule has 0 saturated carbocycles. The molecule has 0 aliphatic carbocycles. The molecule has 0 N–H and O–H groups in total. The quantitative estimate of drug-likeness (QED) is 0.438. The maximum Gasteiger partial charge on any atom is 0.0888 e. The van der Waals surface area contributed by atoms with E-state index in [0.29, 0.717) is 10.0 Å². The number of hydrogen-bond acceptors (Lipinski definition) is 4. The van der Waals surface area contributed by atoms with Crippen molar-refractivity contribution < 1.29 is 0 Å². The molecule has 0 bridgehead atoms. The first kappa shape index (κ1) is 16.3. The second-order valence-electron chi connectivity index (χ2n) is 3.76. The highest BCUT2D eigenvalue weighted by Crippen LogP contribution is 2.31. The molecule has 0 aromatic heterocycles. The Kier molecular flexibility index (Phi) is 6.33. The Morgan fingerprint density at radius 2 is 0.950 bits per heavy atom. The van der Waals surface area contributed by atoms with Crippen molar-refractivity contribution in [3.05, 3.63) is 69.7 Å². The van der Waals surface area contributed by atoms with E-state index in [1.165, 1.54) is 21.6 Å². The number of halogens is 2. The van der Waals surface area contributed by atoms with Crippen LogP contribution in [0, 0.1) is 0 Å². The number of thiocarbonyl (C=S) groups is 2. The first-order chi connectivity index (χ1) is 9.56. The Morgan fingerprint density at radius 3 is 1.25 bits per heavy atom. The van der Waals surface area contributed by atoms with Crippen molar-refractivity contribution in [2.24, 2.45) is 0 Å². The molecule has 0 nitrogen and oxygen atoms in total. The average Bonchev–Trinajstić information content (AvgIpc) is 2.46. The monoisotopic (exact) mass is 374 g/mol. The summed E-state index contributed by atoms with van der Waals surface area (Å²) in [5.41, 5.74) is 1.95. The molecule has 0 radical (unpaired) electrons. The lowest BCUT2D eigenvalue weighted by molar-refractivity contribution is 1.68. The summed E-state index contributed by atoms with van der Waals surface area (Å²) in [6.45, 7) is 0. The molecule has 0 atom stereocenters. The molecule has 6 heteroatoms. The fourth-order valence-corrected chi connectivity index (χ4v) is 4.13. The largest absolute Gasteiger partial charge is 0.0888 e. The van der Waals surface area contributed by atoms with E-state index in [4.69, 9.17) is 47.6 Å². The van der Waals surface area contributed by atoms with E-state index >= 15 is 0 Å². The normalized spacial score (nSPS) is 10.3. The molecule has 0 spiro atoms. The van der Waals surface area contributed by atoms with Crippen molar-refractivity contribution in [3.63, 3.8) is 0 Å². The predicted octanol–water partition coefficient (Wildman–Crippen LogP) is 6.43. The second kappa shape index (κ2) is 7.78. The third-order valence-electron chi connectivity index (χ3n) is 2.35. The van der Waals surface area contributed by atoms with Gasteiger partial charge in [0.15, 0.2) is 0 Å². The zero-order valence-corrected chi connectivity index (χ0v) is 14.8. The third-order valence-corrected chi connectivity index (χ3v) is 6.57.